The molecule has 32 heavy (non-hydrogen) atoms. The maximum atomic E-state index is 12.6. The molecule has 174 valence electrons. The Kier molecular flexibility index (Phi) is 6.36. The molecule has 3 rings (SSSR count). The monoisotopic (exact) mass is 483 g/mol. The van der Waals surface area contributed by atoms with Crippen molar-refractivity contribution in [2.24, 2.45) is 5.92 Å². The summed E-state index contributed by atoms with van der Waals surface area (Å²) in [6.07, 6.45) is -8.75. The number of benzene rings is 1. The third-order valence-electron chi connectivity index (χ3n) is 4.69. The average molecular weight is 483 g/mol. The summed E-state index contributed by atoms with van der Waals surface area (Å²) in [5.41, 5.74) is -0.489. The van der Waals surface area contributed by atoms with Crippen molar-refractivity contribution in [3.8, 4) is 5.75 Å². The molecule has 0 saturated heterocycles. The van der Waals surface area contributed by atoms with Gasteiger partial charge in [-0.05, 0) is 43.0 Å². The lowest BCUT2D eigenvalue weighted by atomic mass is 9.85. The lowest BCUT2D eigenvalue weighted by Crippen LogP contribution is -2.42. The van der Waals surface area contributed by atoms with Crippen molar-refractivity contribution < 1.29 is 44.3 Å². The number of halogens is 6. The number of sulfone groups is 1. The Balaban J connectivity index is 1.56. The summed E-state index contributed by atoms with van der Waals surface area (Å²) in [5, 5.41) is 1.52. The minimum Gasteiger partial charge on any atom is -0.406 e. The van der Waals surface area contributed by atoms with Gasteiger partial charge >= 0.3 is 12.5 Å². The summed E-state index contributed by atoms with van der Waals surface area (Å²) < 4.78 is 104. The molecule has 14 heteroatoms. The summed E-state index contributed by atoms with van der Waals surface area (Å²) in [6.45, 7) is -0.00652. The molecule has 2 aromatic rings. The van der Waals surface area contributed by atoms with E-state index in [0.29, 0.717) is 0 Å². The average Bonchev–Trinajstić information content (AvgIpc) is 2.64. The van der Waals surface area contributed by atoms with Crippen LogP contribution in [0.2, 0.25) is 0 Å². The first-order chi connectivity index (χ1) is 14.8. The molecule has 0 spiro atoms. The second kappa shape index (κ2) is 8.56. The molecule has 1 amide bonds. The third kappa shape index (κ3) is 5.66. The molecule has 1 fully saturated rings. The molecule has 1 N–H and O–H groups in total. The Hall–Kier alpha value is -2.90. The van der Waals surface area contributed by atoms with Gasteiger partial charge in [0.1, 0.15) is 11.4 Å². The van der Waals surface area contributed by atoms with Crippen LogP contribution in [0, 0.1) is 5.92 Å². The number of carbonyl (C=O) groups is 1. The quantitative estimate of drug-likeness (QED) is 0.633. The van der Waals surface area contributed by atoms with Crippen LogP contribution in [-0.2, 0) is 16.0 Å². The molecule has 1 aliphatic carbocycles. The van der Waals surface area contributed by atoms with Gasteiger partial charge in [-0.1, -0.05) is 6.07 Å². The Morgan fingerprint density at radius 3 is 2.44 bits per heavy atom. The van der Waals surface area contributed by atoms with Crippen molar-refractivity contribution in [2.75, 3.05) is 6.54 Å². The summed E-state index contributed by atoms with van der Waals surface area (Å²) in [5.74, 6) is -3.28. The number of hydrogen-bond donors (Lipinski definition) is 1. The second-order valence-corrected chi connectivity index (χ2v) is 9.23. The first-order valence-corrected chi connectivity index (χ1v) is 10.6. The largest absolute Gasteiger partial charge is 0.573 e. The Morgan fingerprint density at radius 2 is 1.81 bits per heavy atom. The van der Waals surface area contributed by atoms with E-state index in [2.05, 4.69) is 20.0 Å². The zero-order chi connectivity index (χ0) is 23.7. The maximum absolute atomic E-state index is 12.6. The summed E-state index contributed by atoms with van der Waals surface area (Å²) in [7, 11) is -3.93. The number of hydrogen-bond acceptors (Lipinski definition) is 6. The summed E-state index contributed by atoms with van der Waals surface area (Å²) in [6, 6.07) is 5.05. The minimum atomic E-state index is -4.97. The normalized spacial score (nSPS) is 19.2. The van der Waals surface area contributed by atoms with Gasteiger partial charge < -0.3 is 10.1 Å². The van der Waals surface area contributed by atoms with Crippen molar-refractivity contribution in [3.63, 3.8) is 0 Å². The lowest BCUT2D eigenvalue weighted by molar-refractivity contribution is -0.274. The number of amides is 1. The highest BCUT2D eigenvalue weighted by Gasteiger charge is 2.40. The lowest BCUT2D eigenvalue weighted by Gasteiger charge is -2.34. The smallest absolute Gasteiger partial charge is 0.406 e. The van der Waals surface area contributed by atoms with Gasteiger partial charge in [0.15, 0.2) is 9.84 Å². The van der Waals surface area contributed by atoms with Gasteiger partial charge in [0.05, 0.1) is 10.1 Å². The van der Waals surface area contributed by atoms with Gasteiger partial charge in [-0.2, -0.15) is 13.2 Å². The Labute approximate surface area is 177 Å². The van der Waals surface area contributed by atoms with Crippen LogP contribution in [0.5, 0.6) is 5.75 Å². The molecule has 1 aliphatic rings. The van der Waals surface area contributed by atoms with Gasteiger partial charge in [0, 0.05) is 12.7 Å². The molecule has 0 bridgehead atoms. The number of carbonyl (C=O) groups excluding carboxylic acids is 1. The maximum Gasteiger partial charge on any atom is 0.573 e. The Bertz CT molecular complexity index is 1100. The molecule has 1 saturated carbocycles. The number of nitrogens with zero attached hydrogens (tertiary/aromatic N) is 2. The van der Waals surface area contributed by atoms with Crippen molar-refractivity contribution in [1.29, 1.82) is 0 Å². The zero-order valence-electron chi connectivity index (χ0n) is 15.9. The molecule has 0 unspecified atom stereocenters. The first kappa shape index (κ1) is 23.8. The number of nitrogens with one attached hydrogen (secondary N) is 1. The van der Waals surface area contributed by atoms with E-state index < -0.39 is 50.8 Å². The fraction of sp³-hybridized carbons (Fsp3) is 0.389. The van der Waals surface area contributed by atoms with Gasteiger partial charge in [0.25, 0.3) is 5.91 Å². The van der Waals surface area contributed by atoms with Gasteiger partial charge in [0.2, 0.25) is 5.82 Å². The van der Waals surface area contributed by atoms with E-state index in [0.717, 1.165) is 36.5 Å². The van der Waals surface area contributed by atoms with Crippen LogP contribution >= 0.6 is 0 Å². The fourth-order valence-corrected chi connectivity index (χ4v) is 5.07. The zero-order valence-corrected chi connectivity index (χ0v) is 16.8. The number of aromatic nitrogens is 2. The van der Waals surface area contributed by atoms with E-state index in [1.165, 1.54) is 0 Å². The fourth-order valence-electron chi connectivity index (χ4n) is 3.08. The van der Waals surface area contributed by atoms with Gasteiger partial charge in [-0.15, -0.1) is 13.2 Å². The van der Waals surface area contributed by atoms with Crippen molar-refractivity contribution in [2.45, 2.75) is 35.5 Å². The minimum absolute atomic E-state index is 0.00652. The highest BCUT2D eigenvalue weighted by atomic mass is 32.2. The van der Waals surface area contributed by atoms with Crippen LogP contribution in [0.25, 0.3) is 0 Å². The highest BCUT2D eigenvalue weighted by molar-refractivity contribution is 7.92. The van der Waals surface area contributed by atoms with Crippen molar-refractivity contribution in [3.05, 3.63) is 48.0 Å². The highest BCUT2D eigenvalue weighted by Crippen LogP contribution is 2.37. The van der Waals surface area contributed by atoms with Crippen LogP contribution in [-0.4, -0.2) is 42.4 Å². The molecular formula is C18H15F6N3O4S. The van der Waals surface area contributed by atoms with Crippen LogP contribution < -0.4 is 10.1 Å². The van der Waals surface area contributed by atoms with Crippen LogP contribution in [0.3, 0.4) is 0 Å². The van der Waals surface area contributed by atoms with E-state index in [9.17, 15) is 39.6 Å². The molecule has 0 aliphatic heterocycles. The van der Waals surface area contributed by atoms with Crippen LogP contribution in [0.1, 0.15) is 29.2 Å². The molecule has 0 atom stereocenters. The summed E-state index contributed by atoms with van der Waals surface area (Å²) in [4.78, 5) is 17.9. The van der Waals surface area contributed by atoms with Crippen molar-refractivity contribution in [1.82, 2.24) is 15.3 Å². The predicted molar refractivity (Wildman–Crippen MR) is 96.2 cm³/mol. The molecular weight excluding hydrogens is 468 g/mol. The standard InChI is InChI=1S/C18H15F6N3O4S/c19-17(20,21)16-25-5-4-14(27-16)15(28)26-9-10-6-13(7-10)32(29,30)12-3-1-2-11(8-12)31-18(22,23)24/h1-5,8,10,13H,6-7,9H2,(H,26,28)/t10-,13-. The van der Waals surface area contributed by atoms with E-state index in [1.54, 1.807) is 0 Å². The van der Waals surface area contributed by atoms with Crippen LogP contribution in [0.15, 0.2) is 41.4 Å². The molecule has 1 heterocycles. The van der Waals surface area contributed by atoms with Gasteiger partial charge in [-0.3, -0.25) is 4.79 Å². The predicted octanol–water partition coefficient (Wildman–Crippen LogP) is 3.38. The molecule has 7 nitrogen and oxygen atoms in total. The number of alkyl halides is 6. The summed E-state index contributed by atoms with van der Waals surface area (Å²) >= 11 is 0. The van der Waals surface area contributed by atoms with E-state index >= 15 is 0 Å². The number of rotatable bonds is 6. The first-order valence-electron chi connectivity index (χ1n) is 9.04. The van der Waals surface area contributed by atoms with Gasteiger partial charge in [-0.25, -0.2) is 18.4 Å². The SMILES string of the molecule is O=C(NC[C@H]1C[C@H](S(=O)(=O)c2cccc(OC(F)(F)F)c2)C1)c1ccnc(C(F)(F)F)n1. The molecule has 0 radical (unpaired) electrons. The number of ether oxygens (including phenoxy) is 1. The second-order valence-electron chi connectivity index (χ2n) is 7.00. The van der Waals surface area contributed by atoms with E-state index in [4.69, 9.17) is 0 Å². The van der Waals surface area contributed by atoms with Crippen molar-refractivity contribution >= 4 is 15.7 Å². The Morgan fingerprint density at radius 1 is 1.12 bits per heavy atom. The third-order valence-corrected chi connectivity index (χ3v) is 6.87. The van der Waals surface area contributed by atoms with E-state index in [1.807, 2.05) is 0 Å². The molecule has 1 aromatic carbocycles. The van der Waals surface area contributed by atoms with E-state index in [-0.39, 0.29) is 30.2 Å². The van der Waals surface area contributed by atoms with Crippen LogP contribution in [0.4, 0.5) is 26.3 Å². The topological polar surface area (TPSA) is 98.2 Å². The molecule has 1 aromatic heterocycles.